The van der Waals surface area contributed by atoms with Gasteiger partial charge in [0.15, 0.2) is 0 Å². The molecule has 0 aliphatic carbocycles. The number of hydrogen-bond acceptors (Lipinski definition) is 2. The van der Waals surface area contributed by atoms with E-state index in [4.69, 9.17) is 9.47 Å². The zero-order chi connectivity index (χ0) is 9.61. The zero-order valence-corrected chi connectivity index (χ0v) is 9.81. The van der Waals surface area contributed by atoms with Crippen molar-refractivity contribution in [3.05, 3.63) is 11.6 Å². The Morgan fingerprint density at radius 1 is 1.08 bits per heavy atom. The van der Waals surface area contributed by atoms with E-state index in [0.29, 0.717) is 19.2 Å². The Hall–Kier alpha value is -0.443. The minimum Gasteiger partial charge on any atom is -0.466 e. The van der Waals surface area contributed by atoms with Crippen molar-refractivity contribution in [3.63, 3.8) is 0 Å². The molecule has 0 N–H and O–H groups in total. The molecule has 2 nitrogen and oxygen atoms in total. The molecule has 0 radical (unpaired) electrons. The molecule has 0 atom stereocenters. The summed E-state index contributed by atoms with van der Waals surface area (Å²) in [6.07, 6.45) is 0. The second kappa shape index (κ2) is 5.25. The van der Waals surface area contributed by atoms with Crippen LogP contribution in [-0.2, 0) is 9.47 Å². The summed E-state index contributed by atoms with van der Waals surface area (Å²) in [5, 5.41) is 0. The molecule has 3 heteroatoms. The third-order valence-electron chi connectivity index (χ3n) is 1.12. The summed E-state index contributed by atoms with van der Waals surface area (Å²) in [5.41, 5.74) is 2.14. The van der Waals surface area contributed by atoms with E-state index in [0.717, 1.165) is 0 Å². The molecule has 0 rings (SSSR count). The van der Waals surface area contributed by atoms with Crippen molar-refractivity contribution in [3.8, 4) is 0 Å². The van der Waals surface area contributed by atoms with Crippen LogP contribution in [0.15, 0.2) is 11.6 Å². The third kappa shape index (κ3) is 6.28. The Balaban J connectivity index is 4.17. The van der Waals surface area contributed by atoms with Crippen LogP contribution in [0.5, 0.6) is 0 Å². The fourth-order valence-electron chi connectivity index (χ4n) is 0.763. The largest absolute Gasteiger partial charge is 0.466 e. The molecule has 0 aromatic carbocycles. The van der Waals surface area contributed by atoms with Gasteiger partial charge in [-0.1, -0.05) is 19.6 Å². The number of rotatable bonds is 5. The Bertz CT molecular complexity index is 139. The molecule has 0 saturated heterocycles. The molecule has 12 heavy (non-hydrogen) atoms. The molecule has 0 saturated carbocycles. The first-order valence-electron chi connectivity index (χ1n) is 4.48. The fourth-order valence-corrected chi connectivity index (χ4v) is 1.64. The molecular formula is C9H20O2Si. The third-order valence-corrected chi connectivity index (χ3v) is 2.23. The first-order valence-corrected chi connectivity index (χ1v) is 8.05. The number of hydrogen-bond donors (Lipinski definition) is 0. The molecular weight excluding hydrogens is 168 g/mol. The van der Waals surface area contributed by atoms with Crippen molar-refractivity contribution in [2.45, 2.75) is 33.5 Å². The van der Waals surface area contributed by atoms with Crippen LogP contribution >= 0.6 is 0 Å². The average Bonchev–Trinajstić information content (AvgIpc) is 1.84. The first kappa shape index (κ1) is 11.6. The predicted octanol–water partition coefficient (Wildman–Crippen LogP) is 2.78. The van der Waals surface area contributed by atoms with E-state index >= 15 is 0 Å². The van der Waals surface area contributed by atoms with Gasteiger partial charge < -0.3 is 9.47 Å². The Morgan fingerprint density at radius 3 is 1.75 bits per heavy atom. The molecule has 0 aromatic rings. The second-order valence-electron chi connectivity index (χ2n) is 3.70. The zero-order valence-electron chi connectivity index (χ0n) is 8.81. The van der Waals surface area contributed by atoms with Crippen molar-refractivity contribution in [1.82, 2.24) is 0 Å². The summed E-state index contributed by atoms with van der Waals surface area (Å²) in [6.45, 7) is 12.1. The molecule has 0 unspecified atom stereocenters. The molecule has 0 aliphatic rings. The van der Waals surface area contributed by atoms with Gasteiger partial charge in [-0.05, 0) is 19.5 Å². The lowest BCUT2D eigenvalue weighted by Gasteiger charge is -2.14. The van der Waals surface area contributed by atoms with Gasteiger partial charge in [0.1, 0.15) is 0 Å². The van der Waals surface area contributed by atoms with Gasteiger partial charge in [-0.3, -0.25) is 0 Å². The normalized spacial score (nSPS) is 10.8. The average molecular weight is 188 g/mol. The summed E-state index contributed by atoms with van der Waals surface area (Å²) in [4.78, 5) is 0. The standard InChI is InChI=1S/C9H20O2Si/c1-6-10-9(11-7-2)8-12(3,4)5/h8H,6-7H2,1-5H3. The Labute approximate surface area is 76.6 Å². The lowest BCUT2D eigenvalue weighted by molar-refractivity contribution is 0.0474. The maximum absolute atomic E-state index is 5.33. The summed E-state index contributed by atoms with van der Waals surface area (Å²) in [6, 6.07) is 0. The fraction of sp³-hybridized carbons (Fsp3) is 0.778. The minimum atomic E-state index is -1.21. The first-order chi connectivity index (χ1) is 5.49. The van der Waals surface area contributed by atoms with Gasteiger partial charge in [-0.25, -0.2) is 0 Å². The van der Waals surface area contributed by atoms with Crippen LogP contribution in [0.3, 0.4) is 0 Å². The molecule has 72 valence electrons. The molecule has 0 heterocycles. The van der Waals surface area contributed by atoms with E-state index in [-0.39, 0.29) is 0 Å². The van der Waals surface area contributed by atoms with Crippen LogP contribution in [0.25, 0.3) is 0 Å². The van der Waals surface area contributed by atoms with Crippen LogP contribution in [0.4, 0.5) is 0 Å². The molecule has 0 amide bonds. The maximum Gasteiger partial charge on any atom is 0.270 e. The summed E-state index contributed by atoms with van der Waals surface area (Å²) in [7, 11) is -1.21. The summed E-state index contributed by atoms with van der Waals surface area (Å²) >= 11 is 0. The van der Waals surface area contributed by atoms with E-state index in [9.17, 15) is 0 Å². The van der Waals surface area contributed by atoms with Crippen molar-refractivity contribution in [2.75, 3.05) is 13.2 Å². The van der Waals surface area contributed by atoms with Crippen LogP contribution in [0.2, 0.25) is 19.6 Å². The van der Waals surface area contributed by atoms with Gasteiger partial charge in [0.25, 0.3) is 5.95 Å². The predicted molar refractivity (Wildman–Crippen MR) is 54.7 cm³/mol. The van der Waals surface area contributed by atoms with Gasteiger partial charge in [0.2, 0.25) is 0 Å². The molecule has 0 bridgehead atoms. The van der Waals surface area contributed by atoms with Crippen LogP contribution in [0, 0.1) is 0 Å². The van der Waals surface area contributed by atoms with Gasteiger partial charge in [-0.15, -0.1) is 0 Å². The molecule has 0 aromatic heterocycles. The van der Waals surface area contributed by atoms with Crippen molar-refractivity contribution >= 4 is 8.07 Å². The van der Waals surface area contributed by atoms with E-state index in [1.165, 1.54) is 0 Å². The summed E-state index contributed by atoms with van der Waals surface area (Å²) < 4.78 is 10.7. The van der Waals surface area contributed by atoms with Gasteiger partial charge in [-0.2, -0.15) is 0 Å². The highest BCUT2D eigenvalue weighted by molar-refractivity contribution is 6.81. The van der Waals surface area contributed by atoms with Crippen LogP contribution < -0.4 is 0 Å². The molecule has 0 spiro atoms. The Morgan fingerprint density at radius 2 is 1.50 bits per heavy atom. The van der Waals surface area contributed by atoms with Crippen molar-refractivity contribution in [1.29, 1.82) is 0 Å². The topological polar surface area (TPSA) is 18.5 Å². The second-order valence-corrected chi connectivity index (χ2v) is 8.72. The highest BCUT2D eigenvalue weighted by atomic mass is 28.3. The smallest absolute Gasteiger partial charge is 0.270 e. The minimum absolute atomic E-state index is 0.677. The van der Waals surface area contributed by atoms with Gasteiger partial charge >= 0.3 is 0 Å². The lowest BCUT2D eigenvalue weighted by Crippen LogP contribution is -2.18. The van der Waals surface area contributed by atoms with E-state index < -0.39 is 8.07 Å². The summed E-state index contributed by atoms with van der Waals surface area (Å²) in [5.74, 6) is 0.708. The highest BCUT2D eigenvalue weighted by Gasteiger charge is 2.12. The van der Waals surface area contributed by atoms with Crippen molar-refractivity contribution < 1.29 is 9.47 Å². The van der Waals surface area contributed by atoms with Crippen molar-refractivity contribution in [2.24, 2.45) is 0 Å². The van der Waals surface area contributed by atoms with E-state index in [1.54, 1.807) is 0 Å². The maximum atomic E-state index is 5.33. The van der Waals surface area contributed by atoms with E-state index in [1.807, 2.05) is 13.8 Å². The van der Waals surface area contributed by atoms with Crippen LogP contribution in [0.1, 0.15) is 13.8 Å². The van der Waals surface area contributed by atoms with Gasteiger partial charge in [0.05, 0.1) is 21.3 Å². The lowest BCUT2D eigenvalue weighted by atomic mass is 10.8. The van der Waals surface area contributed by atoms with Gasteiger partial charge in [0, 0.05) is 0 Å². The monoisotopic (exact) mass is 188 g/mol. The molecule has 0 fully saturated rings. The molecule has 0 aliphatic heterocycles. The van der Waals surface area contributed by atoms with Crippen LogP contribution in [-0.4, -0.2) is 21.3 Å². The Kier molecular flexibility index (Phi) is 5.05. The SMILES string of the molecule is CCOC(=C[Si](C)(C)C)OCC. The highest BCUT2D eigenvalue weighted by Crippen LogP contribution is 2.09. The quantitative estimate of drug-likeness (QED) is 0.488. The van der Waals surface area contributed by atoms with E-state index in [2.05, 4.69) is 25.3 Å². The number of ether oxygens (including phenoxy) is 2.